The van der Waals surface area contributed by atoms with Gasteiger partial charge in [0.15, 0.2) is 0 Å². The molecule has 0 fully saturated rings. The van der Waals surface area contributed by atoms with E-state index in [9.17, 15) is 9.90 Å². The molecule has 0 heterocycles. The number of benzene rings is 2. The minimum atomic E-state index is -0.873. The van der Waals surface area contributed by atoms with Gasteiger partial charge in [0.1, 0.15) is 0 Å². The van der Waals surface area contributed by atoms with E-state index in [1.807, 2.05) is 12.1 Å². The van der Waals surface area contributed by atoms with Gasteiger partial charge in [0.25, 0.3) is 0 Å². The van der Waals surface area contributed by atoms with Crippen molar-refractivity contribution >= 4 is 29.2 Å². The van der Waals surface area contributed by atoms with E-state index in [0.717, 1.165) is 5.56 Å². The smallest absolute Gasteiger partial charge is 0.311 e. The van der Waals surface area contributed by atoms with E-state index in [-0.39, 0.29) is 0 Å². The van der Waals surface area contributed by atoms with Crippen molar-refractivity contribution in [2.45, 2.75) is 12.3 Å². The Morgan fingerprint density at radius 1 is 1.05 bits per heavy atom. The fourth-order valence-electron chi connectivity index (χ4n) is 1.97. The second-order valence-electron chi connectivity index (χ2n) is 4.28. The van der Waals surface area contributed by atoms with Crippen LogP contribution in [0.5, 0.6) is 0 Å². The van der Waals surface area contributed by atoms with Crippen LogP contribution in [0.15, 0.2) is 48.5 Å². The Kier molecular flexibility index (Phi) is 4.46. The summed E-state index contributed by atoms with van der Waals surface area (Å²) in [5.74, 6) is -1.50. The molecule has 2 aromatic rings. The third kappa shape index (κ3) is 3.72. The number of rotatable bonds is 4. The molecule has 2 rings (SSSR count). The Hall–Kier alpha value is -1.51. The Morgan fingerprint density at radius 3 is 2.26 bits per heavy atom. The van der Waals surface area contributed by atoms with Crippen molar-refractivity contribution in [3.8, 4) is 0 Å². The lowest BCUT2D eigenvalue weighted by Crippen LogP contribution is -2.14. The van der Waals surface area contributed by atoms with E-state index >= 15 is 0 Å². The van der Waals surface area contributed by atoms with Gasteiger partial charge in [-0.05, 0) is 41.8 Å². The standard InChI is InChI=1S/C15H12Cl2O2/c16-12-5-1-3-10(7-12)8-14(15(18)19)11-4-2-6-13(17)9-11/h1-7,9,14H,8H2,(H,18,19)/t14-/m0/s1. The van der Waals surface area contributed by atoms with Gasteiger partial charge >= 0.3 is 5.97 Å². The second-order valence-corrected chi connectivity index (χ2v) is 5.15. The molecule has 0 amide bonds. The van der Waals surface area contributed by atoms with Crippen molar-refractivity contribution in [2.75, 3.05) is 0 Å². The molecule has 2 aromatic carbocycles. The minimum Gasteiger partial charge on any atom is -0.481 e. The summed E-state index contributed by atoms with van der Waals surface area (Å²) in [5.41, 5.74) is 1.58. The van der Waals surface area contributed by atoms with Crippen LogP contribution in [0.3, 0.4) is 0 Å². The molecule has 1 atom stereocenters. The predicted octanol–water partition coefficient (Wildman–Crippen LogP) is 4.40. The summed E-state index contributed by atoms with van der Waals surface area (Å²) in [6, 6.07) is 14.2. The molecular formula is C15H12Cl2O2. The van der Waals surface area contributed by atoms with E-state index in [0.29, 0.717) is 22.0 Å². The molecule has 0 bridgehead atoms. The molecule has 1 N–H and O–H groups in total. The lowest BCUT2D eigenvalue weighted by atomic mass is 9.92. The maximum absolute atomic E-state index is 11.4. The van der Waals surface area contributed by atoms with Crippen LogP contribution in [0.25, 0.3) is 0 Å². The van der Waals surface area contributed by atoms with Crippen LogP contribution in [0.2, 0.25) is 10.0 Å². The topological polar surface area (TPSA) is 37.3 Å². The lowest BCUT2D eigenvalue weighted by molar-refractivity contribution is -0.138. The van der Waals surface area contributed by atoms with Gasteiger partial charge < -0.3 is 5.11 Å². The van der Waals surface area contributed by atoms with Crippen LogP contribution in [0.4, 0.5) is 0 Å². The normalized spacial score (nSPS) is 12.1. The highest BCUT2D eigenvalue weighted by atomic mass is 35.5. The quantitative estimate of drug-likeness (QED) is 0.907. The highest BCUT2D eigenvalue weighted by Crippen LogP contribution is 2.25. The third-order valence-corrected chi connectivity index (χ3v) is 3.35. The Labute approximate surface area is 121 Å². The van der Waals surface area contributed by atoms with Crippen LogP contribution in [-0.2, 0) is 11.2 Å². The first-order valence-electron chi connectivity index (χ1n) is 5.79. The van der Waals surface area contributed by atoms with Crippen molar-refractivity contribution < 1.29 is 9.90 Å². The summed E-state index contributed by atoms with van der Waals surface area (Å²) in [6.45, 7) is 0. The van der Waals surface area contributed by atoms with E-state index in [4.69, 9.17) is 23.2 Å². The fraction of sp³-hybridized carbons (Fsp3) is 0.133. The van der Waals surface area contributed by atoms with Crippen LogP contribution >= 0.6 is 23.2 Å². The minimum absolute atomic E-state index is 0.385. The molecule has 0 aliphatic rings. The molecule has 0 aromatic heterocycles. The molecule has 0 spiro atoms. The number of hydrogen-bond acceptors (Lipinski definition) is 1. The van der Waals surface area contributed by atoms with Gasteiger partial charge in [-0.15, -0.1) is 0 Å². The summed E-state index contributed by atoms with van der Waals surface area (Å²) < 4.78 is 0. The molecule has 0 saturated heterocycles. The highest BCUT2D eigenvalue weighted by Gasteiger charge is 2.20. The maximum atomic E-state index is 11.4. The predicted molar refractivity (Wildman–Crippen MR) is 77.0 cm³/mol. The van der Waals surface area contributed by atoms with E-state index in [1.54, 1.807) is 36.4 Å². The monoisotopic (exact) mass is 294 g/mol. The summed E-state index contributed by atoms with van der Waals surface area (Å²) in [7, 11) is 0. The van der Waals surface area contributed by atoms with Gasteiger partial charge in [-0.25, -0.2) is 0 Å². The number of carboxylic acid groups (broad SMARTS) is 1. The maximum Gasteiger partial charge on any atom is 0.311 e. The van der Waals surface area contributed by atoms with Gasteiger partial charge in [-0.2, -0.15) is 0 Å². The Balaban J connectivity index is 2.29. The van der Waals surface area contributed by atoms with Crippen LogP contribution < -0.4 is 0 Å². The van der Waals surface area contributed by atoms with Crippen molar-refractivity contribution in [3.63, 3.8) is 0 Å². The fourth-order valence-corrected chi connectivity index (χ4v) is 2.38. The van der Waals surface area contributed by atoms with Crippen LogP contribution in [0.1, 0.15) is 17.0 Å². The SMILES string of the molecule is O=C(O)[C@@H](Cc1cccc(Cl)c1)c1cccc(Cl)c1. The summed E-state index contributed by atoms with van der Waals surface area (Å²) in [5, 5.41) is 10.5. The van der Waals surface area contributed by atoms with Gasteiger partial charge in [-0.1, -0.05) is 47.5 Å². The average Bonchev–Trinajstić information content (AvgIpc) is 2.35. The van der Waals surface area contributed by atoms with Crippen LogP contribution in [0, 0.1) is 0 Å². The van der Waals surface area contributed by atoms with Crippen LogP contribution in [-0.4, -0.2) is 11.1 Å². The van der Waals surface area contributed by atoms with Crippen molar-refractivity contribution in [2.24, 2.45) is 0 Å². The zero-order valence-corrected chi connectivity index (χ0v) is 11.5. The number of hydrogen-bond donors (Lipinski definition) is 1. The molecule has 0 radical (unpaired) electrons. The first-order chi connectivity index (χ1) is 9.06. The van der Waals surface area contributed by atoms with Crippen molar-refractivity contribution in [1.82, 2.24) is 0 Å². The molecule has 19 heavy (non-hydrogen) atoms. The first-order valence-corrected chi connectivity index (χ1v) is 6.54. The number of halogens is 2. The second kappa shape index (κ2) is 6.09. The van der Waals surface area contributed by atoms with Gasteiger partial charge in [0, 0.05) is 10.0 Å². The Morgan fingerprint density at radius 2 is 1.68 bits per heavy atom. The van der Waals surface area contributed by atoms with Crippen molar-refractivity contribution in [1.29, 1.82) is 0 Å². The largest absolute Gasteiger partial charge is 0.481 e. The summed E-state index contributed by atoms with van der Waals surface area (Å²) >= 11 is 11.8. The molecule has 0 aliphatic carbocycles. The molecular weight excluding hydrogens is 283 g/mol. The van der Waals surface area contributed by atoms with Gasteiger partial charge in [0.05, 0.1) is 5.92 Å². The van der Waals surface area contributed by atoms with Crippen molar-refractivity contribution in [3.05, 3.63) is 69.7 Å². The zero-order valence-electron chi connectivity index (χ0n) is 10.0. The molecule has 4 heteroatoms. The Bertz CT molecular complexity index is 596. The van der Waals surface area contributed by atoms with Gasteiger partial charge in [0.2, 0.25) is 0 Å². The summed E-state index contributed by atoms with van der Waals surface area (Å²) in [6.07, 6.45) is 0.385. The highest BCUT2D eigenvalue weighted by molar-refractivity contribution is 6.30. The molecule has 0 saturated carbocycles. The van der Waals surface area contributed by atoms with Gasteiger partial charge in [-0.3, -0.25) is 4.79 Å². The molecule has 0 aliphatic heterocycles. The molecule has 0 unspecified atom stereocenters. The first kappa shape index (κ1) is 13.9. The average molecular weight is 295 g/mol. The zero-order chi connectivity index (χ0) is 13.8. The van der Waals surface area contributed by atoms with E-state index in [2.05, 4.69) is 0 Å². The number of carboxylic acids is 1. The molecule has 2 nitrogen and oxygen atoms in total. The van der Waals surface area contributed by atoms with E-state index < -0.39 is 11.9 Å². The third-order valence-electron chi connectivity index (χ3n) is 2.88. The molecule has 98 valence electrons. The number of carbonyl (C=O) groups is 1. The lowest BCUT2D eigenvalue weighted by Gasteiger charge is -2.13. The number of aliphatic carboxylic acids is 1. The summed E-state index contributed by atoms with van der Waals surface area (Å²) in [4.78, 5) is 11.4. The van der Waals surface area contributed by atoms with E-state index in [1.165, 1.54) is 0 Å².